The van der Waals surface area contributed by atoms with E-state index in [1.807, 2.05) is 19.1 Å². The number of piperazine rings is 1. The van der Waals surface area contributed by atoms with Crippen molar-refractivity contribution in [2.24, 2.45) is 23.7 Å². The normalized spacial score (nSPS) is 29.7. The zero-order valence-electron chi connectivity index (χ0n) is 17.6. The number of carboxylic acids is 1. The smallest absolute Gasteiger partial charge is 0.307 e. The Morgan fingerprint density at radius 2 is 1.50 bits per heavy atom. The number of fused-ring (bicyclic) bond motifs is 3. The van der Waals surface area contributed by atoms with Crippen LogP contribution < -0.4 is 0 Å². The Morgan fingerprint density at radius 3 is 2.07 bits per heavy atom. The van der Waals surface area contributed by atoms with Crippen LogP contribution in [-0.2, 0) is 19.6 Å². The molecule has 7 nitrogen and oxygen atoms in total. The number of rotatable bonds is 4. The first-order valence-electron chi connectivity index (χ1n) is 10.8. The van der Waals surface area contributed by atoms with Gasteiger partial charge in [-0.15, -0.1) is 0 Å². The molecule has 1 aromatic rings. The standard InChI is InChI=1S/C22H30N2O5S/c1-14-3-4-15(2)18(13-14)30(28,29)24-11-9-23(10-12-24)21(25)19-16-5-7-17(8-6-16)20(19)22(26)27/h3-4,13,16-17,19-20H,5-12H2,1-2H3,(H,26,27). The second-order valence-electron chi connectivity index (χ2n) is 9.06. The first kappa shape index (κ1) is 21.3. The summed E-state index contributed by atoms with van der Waals surface area (Å²) in [6, 6.07) is 5.40. The maximum absolute atomic E-state index is 13.3. The molecule has 30 heavy (non-hydrogen) atoms. The lowest BCUT2D eigenvalue weighted by molar-refractivity contribution is -0.162. The van der Waals surface area contributed by atoms with Crippen molar-refractivity contribution in [1.29, 1.82) is 0 Å². The summed E-state index contributed by atoms with van der Waals surface area (Å²) in [4.78, 5) is 27.2. The summed E-state index contributed by atoms with van der Waals surface area (Å²) in [6.07, 6.45) is 3.64. The van der Waals surface area contributed by atoms with Gasteiger partial charge in [0.1, 0.15) is 0 Å². The van der Waals surface area contributed by atoms with Crippen LogP contribution in [0.1, 0.15) is 36.8 Å². The number of sulfonamides is 1. The van der Waals surface area contributed by atoms with Crippen molar-refractivity contribution in [2.75, 3.05) is 26.2 Å². The second kappa shape index (κ2) is 7.96. The molecule has 1 N–H and O–H groups in total. The van der Waals surface area contributed by atoms with Crippen molar-refractivity contribution in [3.63, 3.8) is 0 Å². The molecular formula is C22H30N2O5S. The number of benzene rings is 1. The van der Waals surface area contributed by atoms with Crippen LogP contribution in [0.3, 0.4) is 0 Å². The third kappa shape index (κ3) is 3.64. The highest BCUT2D eigenvalue weighted by Gasteiger charge is 2.51. The zero-order valence-corrected chi connectivity index (χ0v) is 18.4. The fourth-order valence-electron chi connectivity index (χ4n) is 5.64. The highest BCUT2D eigenvalue weighted by molar-refractivity contribution is 7.89. The van der Waals surface area contributed by atoms with Gasteiger partial charge in [-0.25, -0.2) is 8.42 Å². The quantitative estimate of drug-likeness (QED) is 0.784. The highest BCUT2D eigenvalue weighted by Crippen LogP contribution is 2.49. The number of carbonyl (C=O) groups excluding carboxylic acids is 1. The predicted molar refractivity (Wildman–Crippen MR) is 111 cm³/mol. The van der Waals surface area contributed by atoms with Crippen LogP contribution in [-0.4, -0.2) is 60.8 Å². The number of amides is 1. The number of hydrogen-bond donors (Lipinski definition) is 1. The van der Waals surface area contributed by atoms with E-state index in [0.717, 1.165) is 31.2 Å². The number of nitrogens with zero attached hydrogens (tertiary/aromatic N) is 2. The second-order valence-corrected chi connectivity index (χ2v) is 11.0. The summed E-state index contributed by atoms with van der Waals surface area (Å²) in [6.45, 7) is 4.74. The Labute approximate surface area is 178 Å². The Kier molecular flexibility index (Phi) is 5.66. The van der Waals surface area contributed by atoms with Gasteiger partial charge in [0.15, 0.2) is 0 Å². The van der Waals surface area contributed by atoms with Crippen LogP contribution in [0.4, 0.5) is 0 Å². The molecule has 1 saturated heterocycles. The van der Waals surface area contributed by atoms with E-state index in [0.29, 0.717) is 23.5 Å². The number of carboxylic acid groups (broad SMARTS) is 1. The summed E-state index contributed by atoms with van der Waals surface area (Å²) in [7, 11) is -3.62. The van der Waals surface area contributed by atoms with Gasteiger partial charge in [-0.3, -0.25) is 9.59 Å². The lowest BCUT2D eigenvalue weighted by Gasteiger charge is -2.48. The lowest BCUT2D eigenvalue weighted by Crippen LogP contribution is -2.56. The molecule has 1 aliphatic heterocycles. The summed E-state index contributed by atoms with van der Waals surface area (Å²) in [5, 5.41) is 9.74. The fraction of sp³-hybridized carbons (Fsp3) is 0.636. The van der Waals surface area contributed by atoms with Crippen LogP contribution >= 0.6 is 0 Å². The van der Waals surface area contributed by atoms with E-state index < -0.39 is 27.8 Å². The number of aliphatic carboxylic acids is 1. The highest BCUT2D eigenvalue weighted by atomic mass is 32.2. The molecule has 0 spiro atoms. The minimum Gasteiger partial charge on any atom is -0.481 e. The van der Waals surface area contributed by atoms with Gasteiger partial charge in [-0.1, -0.05) is 12.1 Å². The van der Waals surface area contributed by atoms with Crippen molar-refractivity contribution >= 4 is 21.9 Å². The molecule has 2 bridgehead atoms. The number of hydrogen-bond acceptors (Lipinski definition) is 4. The van der Waals surface area contributed by atoms with Crippen LogP contribution in [0.25, 0.3) is 0 Å². The Hall–Kier alpha value is -1.93. The fourth-order valence-corrected chi connectivity index (χ4v) is 7.38. The molecule has 3 saturated carbocycles. The van der Waals surface area contributed by atoms with E-state index in [9.17, 15) is 23.1 Å². The largest absolute Gasteiger partial charge is 0.481 e. The van der Waals surface area contributed by atoms with Crippen molar-refractivity contribution in [3.8, 4) is 0 Å². The maximum atomic E-state index is 13.3. The van der Waals surface area contributed by atoms with E-state index in [1.165, 1.54) is 4.31 Å². The summed E-state index contributed by atoms with van der Waals surface area (Å²) >= 11 is 0. The van der Waals surface area contributed by atoms with Gasteiger partial charge in [0, 0.05) is 26.2 Å². The average Bonchev–Trinajstić information content (AvgIpc) is 2.75. The molecule has 1 amide bonds. The molecule has 2 unspecified atom stereocenters. The van der Waals surface area contributed by atoms with Gasteiger partial charge in [0.2, 0.25) is 15.9 Å². The summed E-state index contributed by atoms with van der Waals surface area (Å²) in [5.74, 6) is -1.79. The average molecular weight is 435 g/mol. The Morgan fingerprint density at radius 1 is 0.933 bits per heavy atom. The molecular weight excluding hydrogens is 404 g/mol. The van der Waals surface area contributed by atoms with E-state index in [1.54, 1.807) is 17.9 Å². The number of aryl methyl sites for hydroxylation is 2. The molecule has 4 aliphatic rings. The lowest BCUT2D eigenvalue weighted by atomic mass is 9.58. The molecule has 8 heteroatoms. The minimum atomic E-state index is -3.62. The SMILES string of the molecule is Cc1ccc(C)c(S(=O)(=O)N2CCN(C(=O)C3C4CCC(CC4)C3C(=O)O)CC2)c1. The van der Waals surface area contributed by atoms with E-state index in [-0.39, 0.29) is 30.8 Å². The third-order valence-corrected chi connectivity index (χ3v) is 9.34. The van der Waals surface area contributed by atoms with Crippen LogP contribution in [0, 0.1) is 37.5 Å². The molecule has 164 valence electrons. The van der Waals surface area contributed by atoms with Crippen molar-refractivity contribution < 1.29 is 23.1 Å². The minimum absolute atomic E-state index is 0.0902. The van der Waals surface area contributed by atoms with Crippen LogP contribution in [0.5, 0.6) is 0 Å². The first-order valence-corrected chi connectivity index (χ1v) is 12.2. The van der Waals surface area contributed by atoms with Crippen molar-refractivity contribution in [2.45, 2.75) is 44.4 Å². The molecule has 1 heterocycles. The monoisotopic (exact) mass is 434 g/mol. The van der Waals surface area contributed by atoms with Crippen LogP contribution in [0.15, 0.2) is 23.1 Å². The molecule has 1 aromatic carbocycles. The van der Waals surface area contributed by atoms with Gasteiger partial charge in [-0.2, -0.15) is 4.31 Å². The third-order valence-electron chi connectivity index (χ3n) is 7.30. The molecule has 4 fully saturated rings. The first-order chi connectivity index (χ1) is 14.2. The summed E-state index contributed by atoms with van der Waals surface area (Å²) < 4.78 is 27.7. The van der Waals surface area contributed by atoms with E-state index in [4.69, 9.17) is 0 Å². The molecule has 2 atom stereocenters. The van der Waals surface area contributed by atoms with Crippen LogP contribution in [0.2, 0.25) is 0 Å². The Balaban J connectivity index is 1.47. The van der Waals surface area contributed by atoms with Gasteiger partial charge < -0.3 is 10.0 Å². The molecule has 3 aliphatic carbocycles. The topological polar surface area (TPSA) is 95.0 Å². The van der Waals surface area contributed by atoms with E-state index in [2.05, 4.69) is 0 Å². The number of carbonyl (C=O) groups is 2. The molecule has 0 aromatic heterocycles. The summed E-state index contributed by atoms with van der Waals surface area (Å²) in [5.41, 5.74) is 1.60. The predicted octanol–water partition coefficient (Wildman–Crippen LogP) is 2.27. The van der Waals surface area contributed by atoms with Gasteiger partial charge in [0.25, 0.3) is 0 Å². The maximum Gasteiger partial charge on any atom is 0.307 e. The van der Waals surface area contributed by atoms with Crippen molar-refractivity contribution in [3.05, 3.63) is 29.3 Å². The molecule has 5 rings (SSSR count). The zero-order chi connectivity index (χ0) is 21.6. The Bertz CT molecular complexity index is 944. The molecule has 0 radical (unpaired) electrons. The van der Waals surface area contributed by atoms with Gasteiger partial charge in [-0.05, 0) is 68.6 Å². The van der Waals surface area contributed by atoms with Crippen molar-refractivity contribution in [1.82, 2.24) is 9.21 Å². The van der Waals surface area contributed by atoms with E-state index >= 15 is 0 Å². The van der Waals surface area contributed by atoms with Gasteiger partial charge in [0.05, 0.1) is 16.7 Å². The van der Waals surface area contributed by atoms with Gasteiger partial charge >= 0.3 is 5.97 Å².